The van der Waals surface area contributed by atoms with E-state index in [-0.39, 0.29) is 11.9 Å². The summed E-state index contributed by atoms with van der Waals surface area (Å²) in [6, 6.07) is 19.8. The van der Waals surface area contributed by atoms with E-state index in [2.05, 4.69) is 39.2 Å². The minimum Gasteiger partial charge on any atom is -0.492 e. The Bertz CT molecular complexity index is 1390. The fourth-order valence-electron chi connectivity index (χ4n) is 4.35. The Morgan fingerprint density at radius 2 is 1.84 bits per heavy atom. The number of hydrogen-bond acceptors (Lipinski definition) is 6. The number of halogens is 1. The first kappa shape index (κ1) is 19.5. The van der Waals surface area contributed by atoms with Crippen molar-refractivity contribution in [1.82, 2.24) is 19.5 Å². The van der Waals surface area contributed by atoms with Crippen LogP contribution in [-0.2, 0) is 13.0 Å². The maximum Gasteiger partial charge on any atom is 0.230 e. The van der Waals surface area contributed by atoms with Crippen LogP contribution < -0.4 is 0 Å². The lowest BCUT2D eigenvalue weighted by atomic mass is 9.96. The lowest BCUT2D eigenvalue weighted by Gasteiger charge is -2.35. The molecule has 4 heterocycles. The van der Waals surface area contributed by atoms with Crippen LogP contribution in [0.4, 0.5) is 0 Å². The summed E-state index contributed by atoms with van der Waals surface area (Å²) in [7, 11) is 0. The highest BCUT2D eigenvalue weighted by Crippen LogP contribution is 2.42. The molecule has 0 saturated heterocycles. The van der Waals surface area contributed by atoms with E-state index in [1.807, 2.05) is 24.3 Å². The van der Waals surface area contributed by atoms with Gasteiger partial charge in [-0.1, -0.05) is 59.3 Å². The van der Waals surface area contributed by atoms with Crippen molar-refractivity contribution in [3.05, 3.63) is 93.5 Å². The Labute approximate surface area is 193 Å². The molecule has 5 aromatic rings. The van der Waals surface area contributed by atoms with Gasteiger partial charge in [-0.25, -0.2) is 0 Å². The molecule has 160 valence electrons. The summed E-state index contributed by atoms with van der Waals surface area (Å²) in [4.78, 5) is 8.42. The Balaban J connectivity index is 1.44. The van der Waals surface area contributed by atoms with Gasteiger partial charge in [0.25, 0.3) is 0 Å². The van der Waals surface area contributed by atoms with Crippen LogP contribution in [0, 0.1) is 0 Å². The van der Waals surface area contributed by atoms with Crippen LogP contribution in [0.15, 0.2) is 71.3 Å². The summed E-state index contributed by atoms with van der Waals surface area (Å²) in [6.07, 6.45) is 2.55. The van der Waals surface area contributed by atoms with Crippen molar-refractivity contribution in [2.24, 2.45) is 0 Å². The Morgan fingerprint density at radius 1 is 1.03 bits per heavy atom. The van der Waals surface area contributed by atoms with E-state index in [1.54, 1.807) is 18.4 Å². The van der Waals surface area contributed by atoms with Gasteiger partial charge in [0.1, 0.15) is 0 Å². The van der Waals surface area contributed by atoms with Crippen LogP contribution in [0.3, 0.4) is 0 Å². The summed E-state index contributed by atoms with van der Waals surface area (Å²) in [5.74, 6) is 1.14. The Hall–Kier alpha value is -3.13. The number of benzene rings is 2. The molecule has 2 aromatic carbocycles. The summed E-state index contributed by atoms with van der Waals surface area (Å²) in [5, 5.41) is 16.4. The number of nitrogens with zero attached hydrogens (tertiary/aromatic N) is 4. The van der Waals surface area contributed by atoms with Gasteiger partial charge < -0.3 is 9.52 Å². The fraction of sp³-hybridized carbons (Fsp3) is 0.167. The summed E-state index contributed by atoms with van der Waals surface area (Å²) in [6.45, 7) is 1.68. The zero-order valence-electron chi connectivity index (χ0n) is 17.0. The van der Waals surface area contributed by atoms with Crippen molar-refractivity contribution in [2.45, 2.75) is 19.0 Å². The lowest BCUT2D eigenvalue weighted by molar-refractivity contribution is 0.205. The second-order valence-electron chi connectivity index (χ2n) is 7.84. The molecule has 1 aliphatic heterocycles. The molecule has 1 N–H and O–H groups in total. The van der Waals surface area contributed by atoms with E-state index in [0.717, 1.165) is 30.0 Å². The number of fused-ring (bicyclic) bond motifs is 2. The summed E-state index contributed by atoms with van der Waals surface area (Å²) in [5.41, 5.74) is 3.77. The first-order chi connectivity index (χ1) is 15.7. The molecule has 0 saturated carbocycles. The predicted molar refractivity (Wildman–Crippen MR) is 124 cm³/mol. The number of thiazole rings is 1. The van der Waals surface area contributed by atoms with Crippen molar-refractivity contribution in [2.75, 3.05) is 6.54 Å². The maximum atomic E-state index is 11.2. The molecule has 8 heteroatoms. The van der Waals surface area contributed by atoms with Crippen LogP contribution in [-0.4, -0.2) is 31.1 Å². The third-order valence-electron chi connectivity index (χ3n) is 5.90. The van der Waals surface area contributed by atoms with Gasteiger partial charge in [0, 0.05) is 18.1 Å². The highest BCUT2D eigenvalue weighted by molar-refractivity contribution is 7.17. The van der Waals surface area contributed by atoms with E-state index in [1.165, 1.54) is 27.0 Å². The molecule has 0 amide bonds. The molecule has 1 aliphatic rings. The standard InChI is InChI=1S/C24H19ClN4O2S/c25-18-9-7-16(8-10-18)20(28-12-11-15-4-1-2-5-17(15)14-28)21-23(30)29-24(32-21)26-22(27-29)19-6-3-13-31-19/h1-10,13,20,30H,11-12,14H2. The van der Waals surface area contributed by atoms with Crippen molar-refractivity contribution >= 4 is 27.9 Å². The SMILES string of the molecule is Oc1c(C(c2ccc(Cl)cc2)N2CCc3ccccc3C2)sc2nc(-c3ccco3)nn12. The number of aromatic hydroxyl groups is 1. The Kier molecular flexibility index (Phi) is 4.75. The minimum absolute atomic E-state index is 0.106. The molecule has 3 aromatic heterocycles. The van der Waals surface area contributed by atoms with Crippen molar-refractivity contribution < 1.29 is 9.52 Å². The smallest absolute Gasteiger partial charge is 0.230 e. The highest BCUT2D eigenvalue weighted by atomic mass is 35.5. The molecule has 6 rings (SSSR count). The first-order valence-electron chi connectivity index (χ1n) is 10.4. The third kappa shape index (κ3) is 3.30. The molecule has 0 aliphatic carbocycles. The molecule has 0 spiro atoms. The van der Waals surface area contributed by atoms with Gasteiger partial charge in [-0.3, -0.25) is 4.90 Å². The van der Waals surface area contributed by atoms with E-state index < -0.39 is 0 Å². The third-order valence-corrected chi connectivity index (χ3v) is 7.23. The van der Waals surface area contributed by atoms with Crippen molar-refractivity contribution in [3.63, 3.8) is 0 Å². The number of rotatable bonds is 4. The van der Waals surface area contributed by atoms with Gasteiger partial charge in [0.2, 0.25) is 16.7 Å². The molecule has 1 atom stereocenters. The van der Waals surface area contributed by atoms with E-state index in [4.69, 9.17) is 16.0 Å². The zero-order valence-corrected chi connectivity index (χ0v) is 18.6. The lowest BCUT2D eigenvalue weighted by Crippen LogP contribution is -2.34. The largest absolute Gasteiger partial charge is 0.492 e. The van der Waals surface area contributed by atoms with Crippen LogP contribution in [0.25, 0.3) is 16.5 Å². The summed E-state index contributed by atoms with van der Waals surface area (Å²) < 4.78 is 6.91. The van der Waals surface area contributed by atoms with E-state index >= 15 is 0 Å². The molecule has 0 radical (unpaired) electrons. The molecule has 0 fully saturated rings. The monoisotopic (exact) mass is 462 g/mol. The van der Waals surface area contributed by atoms with E-state index in [0.29, 0.717) is 21.6 Å². The quantitative estimate of drug-likeness (QED) is 0.379. The van der Waals surface area contributed by atoms with Crippen molar-refractivity contribution in [1.29, 1.82) is 0 Å². The average Bonchev–Trinajstić information content (AvgIpc) is 3.54. The predicted octanol–water partition coefficient (Wildman–Crippen LogP) is 5.56. The highest BCUT2D eigenvalue weighted by Gasteiger charge is 2.31. The molecular weight excluding hydrogens is 444 g/mol. The van der Waals surface area contributed by atoms with Gasteiger partial charge in [0.15, 0.2) is 5.76 Å². The minimum atomic E-state index is -0.138. The van der Waals surface area contributed by atoms with Crippen LogP contribution >= 0.6 is 22.9 Å². The summed E-state index contributed by atoms with van der Waals surface area (Å²) >= 11 is 7.61. The van der Waals surface area contributed by atoms with Gasteiger partial charge in [-0.05, 0) is 47.4 Å². The van der Waals surface area contributed by atoms with E-state index in [9.17, 15) is 5.11 Å². The number of furan rings is 1. The Morgan fingerprint density at radius 3 is 2.59 bits per heavy atom. The van der Waals surface area contributed by atoms with Gasteiger partial charge in [-0.2, -0.15) is 9.50 Å². The van der Waals surface area contributed by atoms with Crippen LogP contribution in [0.5, 0.6) is 5.88 Å². The van der Waals surface area contributed by atoms with Gasteiger partial charge in [0.05, 0.1) is 17.2 Å². The van der Waals surface area contributed by atoms with Crippen molar-refractivity contribution in [3.8, 4) is 17.5 Å². The van der Waals surface area contributed by atoms with Gasteiger partial charge >= 0.3 is 0 Å². The second kappa shape index (κ2) is 7.78. The van der Waals surface area contributed by atoms with Crippen LogP contribution in [0.1, 0.15) is 27.6 Å². The maximum absolute atomic E-state index is 11.2. The molecule has 1 unspecified atom stereocenters. The van der Waals surface area contributed by atoms with Gasteiger partial charge in [-0.15, -0.1) is 5.10 Å². The van der Waals surface area contributed by atoms with Crippen LogP contribution in [0.2, 0.25) is 5.02 Å². The first-order valence-corrected chi connectivity index (χ1v) is 11.6. The zero-order chi connectivity index (χ0) is 21.7. The molecular formula is C24H19ClN4O2S. The average molecular weight is 463 g/mol. The number of hydrogen-bond donors (Lipinski definition) is 1. The molecule has 32 heavy (non-hydrogen) atoms. The fourth-order valence-corrected chi connectivity index (χ4v) is 5.59. The molecule has 0 bridgehead atoms. The second-order valence-corrected chi connectivity index (χ2v) is 9.29. The number of aromatic nitrogens is 3. The topological polar surface area (TPSA) is 66.8 Å². The molecule has 6 nitrogen and oxygen atoms in total. The normalized spacial score (nSPS) is 15.2.